The van der Waals surface area contributed by atoms with Crippen LogP contribution in [0.4, 0.5) is 0 Å². The topological polar surface area (TPSA) is 55.4 Å². The van der Waals surface area contributed by atoms with Crippen LogP contribution in [0, 0.1) is 6.92 Å². The number of nitrogens with one attached hydrogen (secondary N) is 1. The molecule has 1 N–H and O–H groups in total. The second-order valence-electron chi connectivity index (χ2n) is 3.54. The van der Waals surface area contributed by atoms with Gasteiger partial charge in [0, 0.05) is 12.1 Å². The first-order valence-corrected chi connectivity index (χ1v) is 6.74. The van der Waals surface area contributed by atoms with Crippen LogP contribution in [0.25, 0.3) is 0 Å². The van der Waals surface area contributed by atoms with Gasteiger partial charge in [0.2, 0.25) is 10.0 Å². The highest BCUT2D eigenvalue weighted by Gasteiger charge is 2.09. The van der Waals surface area contributed by atoms with Gasteiger partial charge in [0.1, 0.15) is 5.75 Å². The van der Waals surface area contributed by atoms with E-state index in [0.717, 1.165) is 11.1 Å². The number of benzene rings is 1. The number of hydrogen-bond acceptors (Lipinski definition) is 3. The molecule has 0 aromatic heterocycles. The largest absolute Gasteiger partial charge is 0.496 e. The van der Waals surface area contributed by atoms with Crippen molar-refractivity contribution in [2.45, 2.75) is 20.4 Å². The molecule has 0 fully saturated rings. The molecule has 0 atom stereocenters. The molecule has 16 heavy (non-hydrogen) atoms. The molecule has 1 rings (SSSR count). The third-order valence-corrected chi connectivity index (χ3v) is 3.64. The quantitative estimate of drug-likeness (QED) is 0.851. The molecule has 0 unspecified atom stereocenters. The zero-order valence-electron chi connectivity index (χ0n) is 9.78. The number of hydrogen-bond donors (Lipinski definition) is 1. The average molecular weight is 243 g/mol. The number of sulfonamides is 1. The van der Waals surface area contributed by atoms with Crippen molar-refractivity contribution in [1.29, 1.82) is 0 Å². The van der Waals surface area contributed by atoms with Gasteiger partial charge in [0.15, 0.2) is 0 Å². The summed E-state index contributed by atoms with van der Waals surface area (Å²) in [5.41, 5.74) is 1.92. The molecule has 0 saturated heterocycles. The molecule has 90 valence electrons. The minimum atomic E-state index is -3.16. The van der Waals surface area contributed by atoms with E-state index in [2.05, 4.69) is 4.72 Å². The molecule has 0 aliphatic heterocycles. The van der Waals surface area contributed by atoms with Gasteiger partial charge in [0.05, 0.1) is 12.9 Å². The normalized spacial score (nSPS) is 11.4. The first kappa shape index (κ1) is 13.0. The lowest BCUT2D eigenvalue weighted by Crippen LogP contribution is -2.24. The fraction of sp³-hybridized carbons (Fsp3) is 0.455. The van der Waals surface area contributed by atoms with Gasteiger partial charge in [-0.05, 0) is 19.9 Å². The first-order chi connectivity index (χ1) is 7.48. The minimum absolute atomic E-state index is 0.0845. The second kappa shape index (κ2) is 5.32. The third-order valence-electron chi connectivity index (χ3n) is 2.30. The maximum absolute atomic E-state index is 11.3. The predicted octanol–water partition coefficient (Wildman–Crippen LogP) is 1.44. The van der Waals surface area contributed by atoms with Gasteiger partial charge in [-0.15, -0.1) is 0 Å². The summed E-state index contributed by atoms with van der Waals surface area (Å²) in [6.07, 6.45) is 0. The van der Waals surface area contributed by atoms with Gasteiger partial charge >= 0.3 is 0 Å². The number of rotatable bonds is 5. The van der Waals surface area contributed by atoms with E-state index in [1.54, 1.807) is 14.0 Å². The highest BCUT2D eigenvalue weighted by atomic mass is 32.2. The maximum Gasteiger partial charge on any atom is 0.211 e. The smallest absolute Gasteiger partial charge is 0.211 e. The number of ether oxygens (including phenoxy) is 1. The summed E-state index contributed by atoms with van der Waals surface area (Å²) >= 11 is 0. The van der Waals surface area contributed by atoms with Crippen LogP contribution in [0.15, 0.2) is 18.2 Å². The molecule has 0 heterocycles. The zero-order valence-corrected chi connectivity index (χ0v) is 10.6. The molecule has 1 aromatic carbocycles. The summed E-state index contributed by atoms with van der Waals surface area (Å²) < 4.78 is 30.3. The van der Waals surface area contributed by atoms with E-state index in [1.807, 2.05) is 25.1 Å². The molecule has 0 bridgehead atoms. The van der Waals surface area contributed by atoms with Crippen molar-refractivity contribution < 1.29 is 13.2 Å². The molecule has 4 nitrogen and oxygen atoms in total. The van der Waals surface area contributed by atoms with Crippen molar-refractivity contribution in [3.8, 4) is 5.75 Å². The van der Waals surface area contributed by atoms with E-state index in [0.29, 0.717) is 5.75 Å². The van der Waals surface area contributed by atoms with Crippen LogP contribution >= 0.6 is 0 Å². The monoisotopic (exact) mass is 243 g/mol. The molecular weight excluding hydrogens is 226 g/mol. The van der Waals surface area contributed by atoms with E-state index in [1.165, 1.54) is 0 Å². The van der Waals surface area contributed by atoms with Crippen molar-refractivity contribution >= 4 is 10.0 Å². The molecular formula is C11H17NO3S. The Morgan fingerprint density at radius 3 is 2.62 bits per heavy atom. The third kappa shape index (κ3) is 3.50. The lowest BCUT2D eigenvalue weighted by molar-refractivity contribution is 0.409. The van der Waals surface area contributed by atoms with E-state index in [-0.39, 0.29) is 12.3 Å². The standard InChI is InChI=1S/C11H17NO3S/c1-4-16(13,14)12-8-10-7-9(2)5-6-11(10)15-3/h5-7,12H,4,8H2,1-3H3. The number of methoxy groups -OCH3 is 1. The van der Waals surface area contributed by atoms with Gasteiger partial charge in [-0.25, -0.2) is 13.1 Å². The van der Waals surface area contributed by atoms with Gasteiger partial charge in [-0.2, -0.15) is 0 Å². The van der Waals surface area contributed by atoms with Crippen LogP contribution in [-0.2, 0) is 16.6 Å². The summed E-state index contributed by atoms with van der Waals surface area (Å²) in [4.78, 5) is 0. The fourth-order valence-electron chi connectivity index (χ4n) is 1.34. The van der Waals surface area contributed by atoms with E-state index < -0.39 is 10.0 Å². The van der Waals surface area contributed by atoms with Crippen LogP contribution in [0.5, 0.6) is 5.75 Å². The Bertz CT molecular complexity index is 454. The SMILES string of the molecule is CCS(=O)(=O)NCc1cc(C)ccc1OC. The molecule has 0 aliphatic rings. The molecule has 0 aliphatic carbocycles. The molecule has 0 amide bonds. The lowest BCUT2D eigenvalue weighted by Gasteiger charge is -2.10. The van der Waals surface area contributed by atoms with Crippen molar-refractivity contribution in [3.63, 3.8) is 0 Å². The Kier molecular flexibility index (Phi) is 4.32. The summed E-state index contributed by atoms with van der Waals surface area (Å²) in [6, 6.07) is 5.68. The van der Waals surface area contributed by atoms with Gasteiger partial charge in [-0.1, -0.05) is 17.7 Å². The van der Waals surface area contributed by atoms with Gasteiger partial charge < -0.3 is 4.74 Å². The Morgan fingerprint density at radius 1 is 1.38 bits per heavy atom. The molecule has 0 saturated carbocycles. The fourth-order valence-corrected chi connectivity index (χ4v) is 1.91. The highest BCUT2D eigenvalue weighted by Crippen LogP contribution is 2.19. The minimum Gasteiger partial charge on any atom is -0.496 e. The molecule has 5 heteroatoms. The van der Waals surface area contributed by atoms with Crippen molar-refractivity contribution in [2.24, 2.45) is 0 Å². The van der Waals surface area contributed by atoms with E-state index in [9.17, 15) is 8.42 Å². The Morgan fingerprint density at radius 2 is 2.06 bits per heavy atom. The molecule has 1 aromatic rings. The van der Waals surface area contributed by atoms with Gasteiger partial charge in [0.25, 0.3) is 0 Å². The summed E-state index contributed by atoms with van der Waals surface area (Å²) in [5.74, 6) is 0.783. The van der Waals surface area contributed by atoms with E-state index >= 15 is 0 Å². The number of aryl methyl sites for hydroxylation is 1. The Balaban J connectivity index is 2.84. The Hall–Kier alpha value is -1.07. The molecule has 0 spiro atoms. The van der Waals surface area contributed by atoms with Crippen molar-refractivity contribution in [2.75, 3.05) is 12.9 Å². The van der Waals surface area contributed by atoms with Crippen LogP contribution in [0.3, 0.4) is 0 Å². The van der Waals surface area contributed by atoms with Crippen LogP contribution in [0.1, 0.15) is 18.1 Å². The zero-order chi connectivity index (χ0) is 12.2. The summed E-state index contributed by atoms with van der Waals surface area (Å²) in [5, 5.41) is 0. The van der Waals surface area contributed by atoms with Crippen molar-refractivity contribution in [3.05, 3.63) is 29.3 Å². The lowest BCUT2D eigenvalue weighted by atomic mass is 10.1. The summed E-state index contributed by atoms with van der Waals surface area (Å²) in [6.45, 7) is 3.83. The maximum atomic E-state index is 11.3. The van der Waals surface area contributed by atoms with Gasteiger partial charge in [-0.3, -0.25) is 0 Å². The Labute approximate surface area is 96.7 Å². The second-order valence-corrected chi connectivity index (χ2v) is 5.64. The van der Waals surface area contributed by atoms with Crippen LogP contribution < -0.4 is 9.46 Å². The average Bonchev–Trinajstić information content (AvgIpc) is 2.27. The molecule has 0 radical (unpaired) electrons. The van der Waals surface area contributed by atoms with Crippen LogP contribution in [0.2, 0.25) is 0 Å². The first-order valence-electron chi connectivity index (χ1n) is 5.09. The van der Waals surface area contributed by atoms with E-state index in [4.69, 9.17) is 4.74 Å². The summed E-state index contributed by atoms with van der Waals surface area (Å²) in [7, 11) is -1.59. The van der Waals surface area contributed by atoms with Crippen LogP contribution in [-0.4, -0.2) is 21.3 Å². The highest BCUT2D eigenvalue weighted by molar-refractivity contribution is 7.89. The predicted molar refractivity (Wildman–Crippen MR) is 64.0 cm³/mol. The van der Waals surface area contributed by atoms with Crippen molar-refractivity contribution in [1.82, 2.24) is 4.72 Å².